The summed E-state index contributed by atoms with van der Waals surface area (Å²) in [6.07, 6.45) is 1.31. The van der Waals surface area contributed by atoms with Gasteiger partial charge in [0, 0.05) is 18.7 Å². The lowest BCUT2D eigenvalue weighted by molar-refractivity contribution is -0.121. The molecule has 0 aliphatic carbocycles. The van der Waals surface area contributed by atoms with E-state index in [2.05, 4.69) is 22.5 Å². The van der Waals surface area contributed by atoms with Gasteiger partial charge in [-0.3, -0.25) is 9.79 Å². The van der Waals surface area contributed by atoms with E-state index in [1.165, 1.54) is 5.56 Å². The van der Waals surface area contributed by atoms with Crippen LogP contribution in [-0.4, -0.2) is 18.4 Å². The normalized spacial score (nSPS) is 11.1. The first kappa shape index (κ1) is 17.5. The minimum absolute atomic E-state index is 0.0392. The molecule has 2 aromatic carbocycles. The molecule has 2 rings (SSSR count). The molecule has 2 aromatic rings. The second-order valence-corrected chi connectivity index (χ2v) is 5.45. The Hall–Kier alpha value is -2.82. The highest BCUT2D eigenvalue weighted by atomic mass is 16.1. The van der Waals surface area contributed by atoms with Gasteiger partial charge in [-0.05, 0) is 29.7 Å². The van der Waals surface area contributed by atoms with Crippen LogP contribution in [0.2, 0.25) is 0 Å². The molecule has 0 radical (unpaired) electrons. The fourth-order valence-electron chi connectivity index (χ4n) is 2.17. The largest absolute Gasteiger partial charge is 0.370 e. The van der Waals surface area contributed by atoms with Gasteiger partial charge in [-0.2, -0.15) is 0 Å². The zero-order chi connectivity index (χ0) is 17.2. The van der Waals surface area contributed by atoms with E-state index in [0.29, 0.717) is 25.5 Å². The lowest BCUT2D eigenvalue weighted by Gasteiger charge is -2.07. The number of carbonyl (C=O) groups excluding carboxylic acids is 1. The maximum absolute atomic E-state index is 11.8. The highest BCUT2D eigenvalue weighted by molar-refractivity contribution is 5.92. The van der Waals surface area contributed by atoms with Crippen LogP contribution in [-0.2, 0) is 17.8 Å². The number of hydrogen-bond donors (Lipinski definition) is 3. The summed E-state index contributed by atoms with van der Waals surface area (Å²) in [6.45, 7) is 2.99. The minimum Gasteiger partial charge on any atom is -0.370 e. The number of benzene rings is 2. The second-order valence-electron chi connectivity index (χ2n) is 5.45. The number of amides is 1. The van der Waals surface area contributed by atoms with Gasteiger partial charge in [0.15, 0.2) is 5.96 Å². The van der Waals surface area contributed by atoms with Crippen molar-refractivity contribution in [1.29, 1.82) is 0 Å². The first-order valence-electron chi connectivity index (χ1n) is 8.14. The number of nitrogens with one attached hydrogen (secondary N) is 2. The van der Waals surface area contributed by atoms with Crippen molar-refractivity contribution >= 4 is 17.6 Å². The Morgan fingerprint density at radius 1 is 1.04 bits per heavy atom. The number of aliphatic imine (C=N–C) groups is 1. The summed E-state index contributed by atoms with van der Waals surface area (Å²) in [5.41, 5.74) is 9.07. The molecule has 0 bridgehead atoms. The molecular formula is C19H24N4O. The van der Waals surface area contributed by atoms with Crippen molar-refractivity contribution in [3.05, 3.63) is 65.7 Å². The van der Waals surface area contributed by atoms with Crippen molar-refractivity contribution in [3.8, 4) is 0 Å². The van der Waals surface area contributed by atoms with E-state index >= 15 is 0 Å². The summed E-state index contributed by atoms with van der Waals surface area (Å²) in [5.74, 6) is 0.276. The Morgan fingerprint density at radius 2 is 1.75 bits per heavy atom. The predicted molar refractivity (Wildman–Crippen MR) is 98.8 cm³/mol. The molecule has 0 fully saturated rings. The molecule has 1 amide bonds. The summed E-state index contributed by atoms with van der Waals surface area (Å²) in [7, 11) is 0. The summed E-state index contributed by atoms with van der Waals surface area (Å²) in [4.78, 5) is 16.0. The molecule has 0 atom stereocenters. The maximum Gasteiger partial charge on any atom is 0.222 e. The van der Waals surface area contributed by atoms with Gasteiger partial charge in [0.05, 0.1) is 6.54 Å². The third-order valence-electron chi connectivity index (χ3n) is 3.59. The Labute approximate surface area is 143 Å². The van der Waals surface area contributed by atoms with Gasteiger partial charge in [-0.1, -0.05) is 49.4 Å². The summed E-state index contributed by atoms with van der Waals surface area (Å²) in [6, 6.07) is 17.8. The summed E-state index contributed by atoms with van der Waals surface area (Å²) in [5, 5.41) is 5.89. The fourth-order valence-corrected chi connectivity index (χ4v) is 2.17. The zero-order valence-electron chi connectivity index (χ0n) is 14.0. The van der Waals surface area contributed by atoms with Crippen molar-refractivity contribution in [2.75, 3.05) is 11.9 Å². The number of aryl methyl sites for hydroxylation is 1. The third-order valence-corrected chi connectivity index (χ3v) is 3.59. The van der Waals surface area contributed by atoms with E-state index in [1.54, 1.807) is 0 Å². The van der Waals surface area contributed by atoms with Crippen LogP contribution in [0.5, 0.6) is 0 Å². The molecule has 5 nitrogen and oxygen atoms in total. The molecule has 0 aromatic heterocycles. The topological polar surface area (TPSA) is 79.5 Å². The van der Waals surface area contributed by atoms with Crippen molar-refractivity contribution < 1.29 is 4.79 Å². The van der Waals surface area contributed by atoms with Gasteiger partial charge in [-0.25, -0.2) is 0 Å². The second kappa shape index (κ2) is 9.35. The van der Waals surface area contributed by atoms with Crippen molar-refractivity contribution in [1.82, 2.24) is 5.32 Å². The van der Waals surface area contributed by atoms with Crippen molar-refractivity contribution in [3.63, 3.8) is 0 Å². The van der Waals surface area contributed by atoms with Crippen molar-refractivity contribution in [2.24, 2.45) is 10.7 Å². The zero-order valence-corrected chi connectivity index (χ0v) is 14.0. The van der Waals surface area contributed by atoms with Crippen LogP contribution in [0.15, 0.2) is 59.6 Å². The highest BCUT2D eigenvalue weighted by Crippen LogP contribution is 2.09. The van der Waals surface area contributed by atoms with Crippen LogP contribution < -0.4 is 16.4 Å². The molecule has 0 unspecified atom stereocenters. The summed E-state index contributed by atoms with van der Waals surface area (Å²) < 4.78 is 0. The average molecular weight is 324 g/mol. The van der Waals surface area contributed by atoms with Gasteiger partial charge < -0.3 is 16.4 Å². The number of rotatable bonds is 7. The van der Waals surface area contributed by atoms with Gasteiger partial charge >= 0.3 is 0 Å². The van der Waals surface area contributed by atoms with Crippen LogP contribution in [0.3, 0.4) is 0 Å². The van der Waals surface area contributed by atoms with E-state index in [4.69, 9.17) is 5.73 Å². The predicted octanol–water partition coefficient (Wildman–Crippen LogP) is 2.68. The van der Waals surface area contributed by atoms with Crippen LogP contribution in [0.25, 0.3) is 0 Å². The first-order valence-corrected chi connectivity index (χ1v) is 8.14. The van der Waals surface area contributed by atoms with Gasteiger partial charge in [-0.15, -0.1) is 0 Å². The Morgan fingerprint density at radius 3 is 2.42 bits per heavy atom. The minimum atomic E-state index is -0.0392. The quantitative estimate of drug-likeness (QED) is 0.541. The van der Waals surface area contributed by atoms with Crippen LogP contribution in [0, 0.1) is 0 Å². The number of guanidine groups is 1. The number of nitrogens with zero attached hydrogens (tertiary/aromatic N) is 1. The molecule has 126 valence electrons. The molecule has 24 heavy (non-hydrogen) atoms. The summed E-state index contributed by atoms with van der Waals surface area (Å²) >= 11 is 0. The number of hydrogen-bond acceptors (Lipinski definition) is 2. The molecule has 0 aliphatic rings. The number of carbonyl (C=O) groups is 1. The lowest BCUT2D eigenvalue weighted by Crippen LogP contribution is -2.25. The maximum atomic E-state index is 11.8. The Bertz CT molecular complexity index is 666. The smallest absolute Gasteiger partial charge is 0.222 e. The molecule has 0 saturated carbocycles. The highest BCUT2D eigenvalue weighted by Gasteiger charge is 2.01. The Balaban J connectivity index is 1.70. The van der Waals surface area contributed by atoms with Gasteiger partial charge in [0.25, 0.3) is 0 Å². The molecule has 0 aliphatic heterocycles. The molecule has 4 N–H and O–H groups in total. The van der Waals surface area contributed by atoms with E-state index < -0.39 is 0 Å². The number of nitrogens with two attached hydrogens (primary N) is 1. The molecule has 5 heteroatoms. The van der Waals surface area contributed by atoms with Gasteiger partial charge in [0.2, 0.25) is 5.91 Å². The average Bonchev–Trinajstić information content (AvgIpc) is 2.61. The first-order chi connectivity index (χ1) is 11.7. The SMILES string of the molecule is CCc1ccc(NC(N)=NCCC(=O)NCc2ccccc2)cc1. The van der Waals surface area contributed by atoms with E-state index in [1.807, 2.05) is 54.6 Å². The van der Waals surface area contributed by atoms with Crippen LogP contribution in [0.4, 0.5) is 5.69 Å². The van der Waals surface area contributed by atoms with Gasteiger partial charge in [0.1, 0.15) is 0 Å². The van der Waals surface area contributed by atoms with E-state index in [0.717, 1.165) is 17.7 Å². The fraction of sp³-hybridized carbons (Fsp3) is 0.263. The standard InChI is InChI=1S/C19H24N4O/c1-2-15-8-10-17(11-9-15)23-19(20)21-13-12-18(24)22-14-16-6-4-3-5-7-16/h3-11H,2,12-14H2,1H3,(H,22,24)(H3,20,21,23). The lowest BCUT2D eigenvalue weighted by atomic mass is 10.1. The molecule has 0 spiro atoms. The number of anilines is 1. The van der Waals surface area contributed by atoms with Crippen LogP contribution >= 0.6 is 0 Å². The molecule has 0 heterocycles. The molecule has 0 saturated heterocycles. The molecular weight excluding hydrogens is 300 g/mol. The van der Waals surface area contributed by atoms with E-state index in [-0.39, 0.29) is 5.91 Å². The van der Waals surface area contributed by atoms with E-state index in [9.17, 15) is 4.79 Å². The van der Waals surface area contributed by atoms with Crippen molar-refractivity contribution in [2.45, 2.75) is 26.3 Å². The third kappa shape index (κ3) is 6.12. The monoisotopic (exact) mass is 324 g/mol. The van der Waals surface area contributed by atoms with Crippen LogP contribution in [0.1, 0.15) is 24.5 Å². The Kier molecular flexibility index (Phi) is 6.83.